The summed E-state index contributed by atoms with van der Waals surface area (Å²) < 4.78 is 40.1. The molecule has 0 radical (unpaired) electrons. The van der Waals surface area contributed by atoms with Gasteiger partial charge < -0.3 is 5.32 Å². The molecule has 124 valence electrons. The predicted octanol–water partition coefficient (Wildman–Crippen LogP) is 4.91. The standard InChI is InChI=1S/C15H8Cl2F3N3O/c16-11-7-21-23-5-4-8(6-12(11)23)22-14(24)9-2-1-3-10(13(9)17)15(18,19)20/h1-7H,(H,22,24). The second-order valence-corrected chi connectivity index (χ2v) is 5.64. The lowest BCUT2D eigenvalue weighted by atomic mass is 10.1. The molecule has 0 saturated carbocycles. The lowest BCUT2D eigenvalue weighted by Crippen LogP contribution is -2.15. The summed E-state index contributed by atoms with van der Waals surface area (Å²) in [6.45, 7) is 0. The molecule has 2 heterocycles. The van der Waals surface area contributed by atoms with Crippen molar-refractivity contribution in [3.63, 3.8) is 0 Å². The van der Waals surface area contributed by atoms with Gasteiger partial charge in [0.2, 0.25) is 0 Å². The molecule has 4 nitrogen and oxygen atoms in total. The van der Waals surface area contributed by atoms with Gasteiger partial charge in [0.15, 0.2) is 0 Å². The van der Waals surface area contributed by atoms with Crippen molar-refractivity contribution < 1.29 is 18.0 Å². The lowest BCUT2D eigenvalue weighted by molar-refractivity contribution is -0.137. The van der Waals surface area contributed by atoms with Gasteiger partial charge in [-0.2, -0.15) is 18.3 Å². The second kappa shape index (κ2) is 5.99. The molecule has 3 rings (SSSR count). The van der Waals surface area contributed by atoms with Crippen LogP contribution in [0.15, 0.2) is 42.7 Å². The van der Waals surface area contributed by atoms with E-state index in [1.807, 2.05) is 0 Å². The zero-order valence-electron chi connectivity index (χ0n) is 11.7. The molecule has 1 amide bonds. The van der Waals surface area contributed by atoms with Crippen LogP contribution < -0.4 is 5.32 Å². The summed E-state index contributed by atoms with van der Waals surface area (Å²) in [4.78, 5) is 12.3. The maximum atomic E-state index is 12.9. The van der Waals surface area contributed by atoms with Crippen LogP contribution in [0.25, 0.3) is 5.52 Å². The lowest BCUT2D eigenvalue weighted by Gasteiger charge is -2.12. The minimum atomic E-state index is -4.64. The Labute approximate surface area is 143 Å². The summed E-state index contributed by atoms with van der Waals surface area (Å²) in [6.07, 6.45) is -1.64. The molecule has 0 saturated heterocycles. The summed E-state index contributed by atoms with van der Waals surface area (Å²) >= 11 is 11.7. The van der Waals surface area contributed by atoms with E-state index in [1.165, 1.54) is 22.8 Å². The Balaban J connectivity index is 1.93. The van der Waals surface area contributed by atoms with E-state index in [2.05, 4.69) is 10.4 Å². The molecular formula is C15H8Cl2F3N3O. The third-order valence-electron chi connectivity index (χ3n) is 3.28. The third-order valence-corrected chi connectivity index (χ3v) is 3.98. The Kier molecular flexibility index (Phi) is 4.15. The van der Waals surface area contributed by atoms with E-state index in [-0.39, 0.29) is 5.56 Å². The number of amides is 1. The SMILES string of the molecule is O=C(Nc1ccn2ncc(Cl)c2c1)c1cccc(C(F)(F)F)c1Cl. The number of carbonyl (C=O) groups excluding carboxylic acids is 1. The monoisotopic (exact) mass is 373 g/mol. The maximum absolute atomic E-state index is 12.9. The normalized spacial score (nSPS) is 11.7. The number of hydrogen-bond acceptors (Lipinski definition) is 2. The van der Waals surface area contributed by atoms with Crippen LogP contribution in [0.5, 0.6) is 0 Å². The Hall–Kier alpha value is -2.25. The van der Waals surface area contributed by atoms with E-state index in [9.17, 15) is 18.0 Å². The molecule has 3 aromatic rings. The van der Waals surface area contributed by atoms with Crippen LogP contribution in [0.1, 0.15) is 15.9 Å². The fourth-order valence-corrected chi connectivity index (χ4v) is 2.66. The van der Waals surface area contributed by atoms with E-state index < -0.39 is 22.7 Å². The van der Waals surface area contributed by atoms with E-state index in [0.29, 0.717) is 16.2 Å². The van der Waals surface area contributed by atoms with Gasteiger partial charge in [0.1, 0.15) is 0 Å². The second-order valence-electron chi connectivity index (χ2n) is 4.86. The predicted molar refractivity (Wildman–Crippen MR) is 84.6 cm³/mol. The topological polar surface area (TPSA) is 46.4 Å². The number of benzene rings is 1. The number of nitrogens with zero attached hydrogens (tertiary/aromatic N) is 2. The molecule has 2 aromatic heterocycles. The molecule has 1 N–H and O–H groups in total. The zero-order valence-corrected chi connectivity index (χ0v) is 13.2. The fourth-order valence-electron chi connectivity index (χ4n) is 2.15. The van der Waals surface area contributed by atoms with Gasteiger partial charge in [-0.25, -0.2) is 4.52 Å². The highest BCUT2D eigenvalue weighted by Gasteiger charge is 2.34. The highest BCUT2D eigenvalue weighted by molar-refractivity contribution is 6.35. The minimum absolute atomic E-state index is 0.272. The van der Waals surface area contributed by atoms with E-state index in [4.69, 9.17) is 23.2 Å². The fraction of sp³-hybridized carbons (Fsp3) is 0.0667. The van der Waals surface area contributed by atoms with Crippen molar-refractivity contribution in [2.45, 2.75) is 6.18 Å². The van der Waals surface area contributed by atoms with E-state index >= 15 is 0 Å². The van der Waals surface area contributed by atoms with Gasteiger partial charge in [0.05, 0.1) is 32.9 Å². The number of hydrogen-bond donors (Lipinski definition) is 1. The number of halogens is 5. The Morgan fingerprint density at radius 2 is 1.96 bits per heavy atom. The first-order chi connectivity index (χ1) is 11.3. The van der Waals surface area contributed by atoms with Gasteiger partial charge in [-0.1, -0.05) is 29.3 Å². The molecule has 0 aliphatic rings. The molecule has 24 heavy (non-hydrogen) atoms. The third kappa shape index (κ3) is 3.05. The zero-order chi connectivity index (χ0) is 17.5. The van der Waals surface area contributed by atoms with Crippen molar-refractivity contribution in [3.05, 3.63) is 63.9 Å². The smallest absolute Gasteiger partial charge is 0.322 e. The van der Waals surface area contributed by atoms with Crippen molar-refractivity contribution in [1.82, 2.24) is 9.61 Å². The van der Waals surface area contributed by atoms with E-state index in [1.54, 1.807) is 12.3 Å². The number of fused-ring (bicyclic) bond motifs is 1. The van der Waals surface area contributed by atoms with Crippen molar-refractivity contribution in [3.8, 4) is 0 Å². The van der Waals surface area contributed by atoms with Crippen molar-refractivity contribution in [2.24, 2.45) is 0 Å². The van der Waals surface area contributed by atoms with Gasteiger partial charge in [-0.15, -0.1) is 0 Å². The highest BCUT2D eigenvalue weighted by atomic mass is 35.5. The molecule has 0 aliphatic carbocycles. The Bertz CT molecular complexity index is 937. The number of pyridine rings is 1. The number of carbonyl (C=O) groups is 1. The summed E-state index contributed by atoms with van der Waals surface area (Å²) in [6, 6.07) is 6.25. The molecule has 0 bridgehead atoms. The minimum Gasteiger partial charge on any atom is -0.322 e. The van der Waals surface area contributed by atoms with Crippen LogP contribution in [0.4, 0.5) is 18.9 Å². The molecular weight excluding hydrogens is 366 g/mol. The van der Waals surface area contributed by atoms with Gasteiger partial charge in [-0.05, 0) is 24.3 Å². The summed E-state index contributed by atoms with van der Waals surface area (Å²) in [5.41, 5.74) is -0.440. The average molecular weight is 374 g/mol. The van der Waals surface area contributed by atoms with Crippen LogP contribution in [0.3, 0.4) is 0 Å². The first kappa shape index (κ1) is 16.6. The molecule has 0 spiro atoms. The van der Waals surface area contributed by atoms with Gasteiger partial charge in [0.25, 0.3) is 5.91 Å². The largest absolute Gasteiger partial charge is 0.417 e. The number of anilines is 1. The highest BCUT2D eigenvalue weighted by Crippen LogP contribution is 2.36. The van der Waals surface area contributed by atoms with Gasteiger partial charge >= 0.3 is 6.18 Å². The van der Waals surface area contributed by atoms with E-state index in [0.717, 1.165) is 12.1 Å². The Morgan fingerprint density at radius 3 is 2.67 bits per heavy atom. The van der Waals surface area contributed by atoms with Crippen LogP contribution in [-0.4, -0.2) is 15.5 Å². The number of nitrogens with one attached hydrogen (secondary N) is 1. The van der Waals surface area contributed by atoms with Gasteiger partial charge in [-0.3, -0.25) is 4.79 Å². The molecule has 9 heteroatoms. The maximum Gasteiger partial charge on any atom is 0.417 e. The first-order valence-electron chi connectivity index (χ1n) is 6.57. The average Bonchev–Trinajstić information content (AvgIpc) is 2.87. The quantitative estimate of drug-likeness (QED) is 0.693. The number of alkyl halides is 3. The molecule has 1 aromatic carbocycles. The van der Waals surface area contributed by atoms with Gasteiger partial charge in [0, 0.05) is 11.9 Å². The van der Waals surface area contributed by atoms with Crippen LogP contribution in [-0.2, 0) is 6.18 Å². The molecule has 0 atom stereocenters. The van der Waals surface area contributed by atoms with Crippen molar-refractivity contribution in [1.29, 1.82) is 0 Å². The summed E-state index contributed by atoms with van der Waals surface area (Å²) in [5, 5.41) is 6.20. The van der Waals surface area contributed by atoms with Crippen molar-refractivity contribution >= 4 is 40.3 Å². The number of rotatable bonds is 2. The first-order valence-corrected chi connectivity index (χ1v) is 7.33. The van der Waals surface area contributed by atoms with Crippen LogP contribution >= 0.6 is 23.2 Å². The Morgan fingerprint density at radius 1 is 1.21 bits per heavy atom. The summed E-state index contributed by atoms with van der Waals surface area (Å²) in [5.74, 6) is -0.758. The van der Waals surface area contributed by atoms with Crippen LogP contribution in [0.2, 0.25) is 10.0 Å². The van der Waals surface area contributed by atoms with Crippen molar-refractivity contribution in [2.75, 3.05) is 5.32 Å². The van der Waals surface area contributed by atoms with Crippen LogP contribution in [0, 0.1) is 0 Å². The number of aromatic nitrogens is 2. The summed E-state index contributed by atoms with van der Waals surface area (Å²) in [7, 11) is 0. The molecule has 0 aliphatic heterocycles. The molecule has 0 unspecified atom stereocenters. The molecule has 0 fully saturated rings.